The Balaban J connectivity index is 4.39. The van der Waals surface area contributed by atoms with Gasteiger partial charge in [0, 0.05) is 0 Å². The predicted molar refractivity (Wildman–Crippen MR) is 145 cm³/mol. The molecule has 0 bridgehead atoms. The first-order chi connectivity index (χ1) is 14.7. The molecule has 0 saturated carbocycles. The Hall–Kier alpha value is 0. The first-order valence-electron chi connectivity index (χ1n) is 14.7. The molecule has 0 radical (unpaired) electrons. The lowest BCUT2D eigenvalue weighted by Crippen LogP contribution is -2.33. The highest BCUT2D eigenvalue weighted by Gasteiger charge is 2.33. The second-order valence-electron chi connectivity index (χ2n) is 12.4. The van der Waals surface area contributed by atoms with E-state index >= 15 is 0 Å². The normalized spacial score (nSPS) is 14.5. The zero-order chi connectivity index (χ0) is 23.6. The van der Waals surface area contributed by atoms with Crippen LogP contribution >= 0.6 is 0 Å². The van der Waals surface area contributed by atoms with Crippen LogP contribution in [0.3, 0.4) is 0 Å². The third kappa shape index (κ3) is 16.3. The van der Waals surface area contributed by atoms with E-state index in [0.29, 0.717) is 0 Å². The molecule has 0 heterocycles. The van der Waals surface area contributed by atoms with E-state index in [9.17, 15) is 0 Å². The SMILES string of the molecule is CCCCCCCCCCCCCCC(C(C)C)C(C(C)C)C(CC(C)C)CC(C)C. The van der Waals surface area contributed by atoms with Gasteiger partial charge >= 0.3 is 0 Å². The van der Waals surface area contributed by atoms with E-state index in [1.807, 2.05) is 0 Å². The minimum absolute atomic E-state index is 0.812. The topological polar surface area (TPSA) is 0 Å². The maximum absolute atomic E-state index is 2.51. The standard InChI is InChI=1S/C31H64/c1-10-11-12-13-14-15-16-17-18-19-20-21-22-30(27(6)7)31(28(8)9)29(23-25(2)3)24-26(4)5/h25-31H,10-24H2,1-9H3. The van der Waals surface area contributed by atoms with E-state index in [1.54, 1.807) is 0 Å². The molecule has 0 aliphatic rings. The van der Waals surface area contributed by atoms with E-state index in [4.69, 9.17) is 0 Å². The van der Waals surface area contributed by atoms with Crippen molar-refractivity contribution in [2.24, 2.45) is 41.4 Å². The molecule has 0 aliphatic heterocycles. The first-order valence-corrected chi connectivity index (χ1v) is 14.7. The fourth-order valence-electron chi connectivity index (χ4n) is 6.20. The van der Waals surface area contributed by atoms with E-state index in [1.165, 1.54) is 96.3 Å². The maximum atomic E-state index is 2.51. The highest BCUT2D eigenvalue weighted by Crippen LogP contribution is 2.42. The molecule has 0 nitrogen and oxygen atoms in total. The molecule has 0 aromatic heterocycles. The van der Waals surface area contributed by atoms with Crippen molar-refractivity contribution in [1.29, 1.82) is 0 Å². The molecule has 2 unspecified atom stereocenters. The highest BCUT2D eigenvalue weighted by atomic mass is 14.4. The summed E-state index contributed by atoms with van der Waals surface area (Å²) in [6, 6.07) is 0. The van der Waals surface area contributed by atoms with Gasteiger partial charge in [-0.1, -0.05) is 139 Å². The summed E-state index contributed by atoms with van der Waals surface area (Å²) in [6.45, 7) is 22.1. The lowest BCUT2D eigenvalue weighted by molar-refractivity contribution is 0.0873. The molecule has 0 spiro atoms. The number of hydrogen-bond donors (Lipinski definition) is 0. The fraction of sp³-hybridized carbons (Fsp3) is 1.00. The van der Waals surface area contributed by atoms with Crippen LogP contribution in [-0.4, -0.2) is 0 Å². The number of rotatable bonds is 21. The summed E-state index contributed by atoms with van der Waals surface area (Å²) < 4.78 is 0. The molecule has 0 aliphatic carbocycles. The van der Waals surface area contributed by atoms with Crippen LogP contribution in [0.4, 0.5) is 0 Å². The van der Waals surface area contributed by atoms with E-state index in [-0.39, 0.29) is 0 Å². The Labute approximate surface area is 200 Å². The monoisotopic (exact) mass is 437 g/mol. The minimum Gasteiger partial charge on any atom is -0.0654 e. The van der Waals surface area contributed by atoms with Gasteiger partial charge in [-0.2, -0.15) is 0 Å². The van der Waals surface area contributed by atoms with Gasteiger partial charge in [-0.25, -0.2) is 0 Å². The molecular weight excluding hydrogens is 372 g/mol. The molecule has 0 saturated heterocycles. The molecule has 0 aromatic carbocycles. The van der Waals surface area contributed by atoms with Crippen molar-refractivity contribution < 1.29 is 0 Å². The van der Waals surface area contributed by atoms with Crippen LogP contribution in [0, 0.1) is 41.4 Å². The van der Waals surface area contributed by atoms with Crippen LogP contribution in [0.25, 0.3) is 0 Å². The maximum Gasteiger partial charge on any atom is -0.0332 e. The smallest absolute Gasteiger partial charge is 0.0332 e. The van der Waals surface area contributed by atoms with Gasteiger partial charge in [-0.3, -0.25) is 0 Å². The van der Waals surface area contributed by atoms with Crippen molar-refractivity contribution in [2.45, 2.75) is 159 Å². The van der Waals surface area contributed by atoms with Gasteiger partial charge in [0.2, 0.25) is 0 Å². The van der Waals surface area contributed by atoms with Crippen LogP contribution in [0.1, 0.15) is 159 Å². The second-order valence-corrected chi connectivity index (χ2v) is 12.4. The Morgan fingerprint density at radius 2 is 0.839 bits per heavy atom. The van der Waals surface area contributed by atoms with Gasteiger partial charge < -0.3 is 0 Å². The lowest BCUT2D eigenvalue weighted by Gasteiger charge is -2.40. The summed E-state index contributed by atoms with van der Waals surface area (Å²) in [4.78, 5) is 0. The Bertz CT molecular complexity index is 354. The molecular formula is C31H64. The summed E-state index contributed by atoms with van der Waals surface area (Å²) in [5.41, 5.74) is 0. The molecule has 31 heavy (non-hydrogen) atoms. The molecule has 0 heteroatoms. The van der Waals surface area contributed by atoms with Crippen LogP contribution in [0.15, 0.2) is 0 Å². The molecule has 0 fully saturated rings. The van der Waals surface area contributed by atoms with E-state index < -0.39 is 0 Å². The van der Waals surface area contributed by atoms with Crippen LogP contribution in [-0.2, 0) is 0 Å². The Morgan fingerprint density at radius 1 is 0.452 bits per heavy atom. The van der Waals surface area contributed by atoms with Crippen molar-refractivity contribution in [3.8, 4) is 0 Å². The third-order valence-electron chi connectivity index (χ3n) is 7.60. The van der Waals surface area contributed by atoms with E-state index in [2.05, 4.69) is 62.3 Å². The van der Waals surface area contributed by atoms with Crippen LogP contribution < -0.4 is 0 Å². The summed E-state index contributed by atoms with van der Waals surface area (Å²) in [5, 5.41) is 0. The summed E-state index contributed by atoms with van der Waals surface area (Å²) in [5.74, 6) is 6.00. The van der Waals surface area contributed by atoms with Crippen LogP contribution in [0.2, 0.25) is 0 Å². The Morgan fingerprint density at radius 3 is 1.16 bits per heavy atom. The van der Waals surface area contributed by atoms with Gasteiger partial charge in [0.05, 0.1) is 0 Å². The van der Waals surface area contributed by atoms with Gasteiger partial charge in [-0.05, 0) is 60.7 Å². The second kappa shape index (κ2) is 19.5. The van der Waals surface area contributed by atoms with Crippen molar-refractivity contribution >= 4 is 0 Å². The molecule has 0 amide bonds. The molecule has 0 N–H and O–H groups in total. The van der Waals surface area contributed by atoms with Crippen molar-refractivity contribution in [1.82, 2.24) is 0 Å². The highest BCUT2D eigenvalue weighted by molar-refractivity contribution is 4.83. The van der Waals surface area contributed by atoms with Crippen LogP contribution in [0.5, 0.6) is 0 Å². The summed E-state index contributed by atoms with van der Waals surface area (Å²) >= 11 is 0. The first kappa shape index (κ1) is 31.0. The summed E-state index contributed by atoms with van der Waals surface area (Å²) in [7, 11) is 0. The molecule has 0 rings (SSSR count). The number of unbranched alkanes of at least 4 members (excludes halogenated alkanes) is 11. The van der Waals surface area contributed by atoms with Crippen molar-refractivity contribution in [3.05, 3.63) is 0 Å². The molecule has 2 atom stereocenters. The van der Waals surface area contributed by atoms with Gasteiger partial charge in [0.1, 0.15) is 0 Å². The summed E-state index contributed by atoms with van der Waals surface area (Å²) in [6.07, 6.45) is 21.8. The average Bonchev–Trinajstić information content (AvgIpc) is 2.66. The largest absolute Gasteiger partial charge is 0.0654 e. The zero-order valence-electron chi connectivity index (χ0n) is 23.6. The van der Waals surface area contributed by atoms with Gasteiger partial charge in [-0.15, -0.1) is 0 Å². The Kier molecular flexibility index (Phi) is 19.5. The van der Waals surface area contributed by atoms with Crippen molar-refractivity contribution in [2.75, 3.05) is 0 Å². The third-order valence-corrected chi connectivity index (χ3v) is 7.60. The van der Waals surface area contributed by atoms with Crippen molar-refractivity contribution in [3.63, 3.8) is 0 Å². The number of hydrogen-bond acceptors (Lipinski definition) is 0. The molecule has 188 valence electrons. The minimum atomic E-state index is 0.812. The quantitative estimate of drug-likeness (QED) is 0.157. The van der Waals surface area contributed by atoms with E-state index in [0.717, 1.165) is 41.4 Å². The lowest BCUT2D eigenvalue weighted by atomic mass is 9.65. The molecule has 0 aromatic rings. The zero-order valence-corrected chi connectivity index (χ0v) is 23.6. The predicted octanol–water partition coefficient (Wildman–Crippen LogP) is 11.3. The van der Waals surface area contributed by atoms with Gasteiger partial charge in [0.25, 0.3) is 0 Å². The fourth-order valence-corrected chi connectivity index (χ4v) is 6.20. The average molecular weight is 437 g/mol. The van der Waals surface area contributed by atoms with Gasteiger partial charge in [0.15, 0.2) is 0 Å².